The number of pyridine rings is 1. The van der Waals surface area contributed by atoms with Gasteiger partial charge in [-0.3, -0.25) is 4.40 Å². The van der Waals surface area contributed by atoms with Crippen LogP contribution >= 0.6 is 11.8 Å². The first kappa shape index (κ1) is 11.5. The van der Waals surface area contributed by atoms with Crippen LogP contribution < -0.4 is 0 Å². The lowest BCUT2D eigenvalue weighted by molar-refractivity contribution is 0.0697. The zero-order chi connectivity index (χ0) is 12.5. The van der Waals surface area contributed by atoms with E-state index >= 15 is 0 Å². The molecule has 0 aromatic carbocycles. The first-order valence-electron chi connectivity index (χ1n) is 5.91. The van der Waals surface area contributed by atoms with Crippen molar-refractivity contribution in [3.05, 3.63) is 29.7 Å². The third-order valence-electron chi connectivity index (χ3n) is 3.21. The van der Waals surface area contributed by atoms with E-state index in [1.54, 1.807) is 18.3 Å². The first-order valence-corrected chi connectivity index (χ1v) is 7.07. The summed E-state index contributed by atoms with van der Waals surface area (Å²) < 4.78 is 1.91. The Bertz CT molecular complexity index is 590. The van der Waals surface area contributed by atoms with Crippen LogP contribution in [0.3, 0.4) is 0 Å². The van der Waals surface area contributed by atoms with E-state index in [0.717, 1.165) is 18.0 Å². The van der Waals surface area contributed by atoms with Crippen molar-refractivity contribution >= 4 is 23.4 Å². The van der Waals surface area contributed by atoms with Gasteiger partial charge in [-0.25, -0.2) is 4.79 Å². The highest BCUT2D eigenvalue weighted by Gasteiger charge is 2.21. The zero-order valence-corrected chi connectivity index (χ0v) is 10.6. The van der Waals surface area contributed by atoms with Gasteiger partial charge in [-0.2, -0.15) is 11.8 Å². The lowest BCUT2D eigenvalue weighted by Gasteiger charge is -2.19. The maximum absolute atomic E-state index is 10.9. The molecule has 0 aliphatic carbocycles. The number of thioether (sulfide) groups is 1. The summed E-state index contributed by atoms with van der Waals surface area (Å²) in [6.07, 6.45) is 4.10. The maximum atomic E-state index is 10.9. The first-order chi connectivity index (χ1) is 8.75. The normalized spacial score (nSPS) is 20.1. The summed E-state index contributed by atoms with van der Waals surface area (Å²) in [4.78, 5) is 10.9. The molecule has 0 radical (unpaired) electrons. The molecule has 1 atom stereocenters. The van der Waals surface area contributed by atoms with Gasteiger partial charge in [0.15, 0.2) is 5.65 Å². The van der Waals surface area contributed by atoms with E-state index in [0.29, 0.717) is 11.6 Å². The predicted molar refractivity (Wildman–Crippen MR) is 69.2 cm³/mol. The minimum Gasteiger partial charge on any atom is -0.478 e. The van der Waals surface area contributed by atoms with Crippen molar-refractivity contribution in [2.45, 2.75) is 18.8 Å². The second kappa shape index (κ2) is 4.61. The number of carboxylic acids is 1. The molecule has 1 aliphatic rings. The van der Waals surface area contributed by atoms with E-state index in [-0.39, 0.29) is 5.56 Å². The molecule has 1 saturated heterocycles. The minimum absolute atomic E-state index is 0.250. The molecule has 2 aromatic heterocycles. The number of carboxylic acid groups (broad SMARTS) is 1. The van der Waals surface area contributed by atoms with Crippen molar-refractivity contribution in [1.82, 2.24) is 14.6 Å². The van der Waals surface area contributed by atoms with Crippen LogP contribution in [0.25, 0.3) is 5.65 Å². The molecule has 94 valence electrons. The van der Waals surface area contributed by atoms with Crippen LogP contribution in [0.15, 0.2) is 18.3 Å². The molecule has 1 unspecified atom stereocenters. The Morgan fingerprint density at radius 2 is 2.39 bits per heavy atom. The molecule has 1 fully saturated rings. The molecule has 0 amide bonds. The SMILES string of the molecule is O=C(O)c1ccn2c(C3CCCSC3)nnc2c1. The Morgan fingerprint density at radius 1 is 1.50 bits per heavy atom. The number of aromatic carboxylic acids is 1. The molecule has 1 N–H and O–H groups in total. The third kappa shape index (κ3) is 1.96. The van der Waals surface area contributed by atoms with Crippen molar-refractivity contribution in [1.29, 1.82) is 0 Å². The molecule has 0 bridgehead atoms. The Morgan fingerprint density at radius 3 is 3.11 bits per heavy atom. The van der Waals surface area contributed by atoms with Crippen molar-refractivity contribution in [3.8, 4) is 0 Å². The number of aromatic nitrogens is 3. The summed E-state index contributed by atoms with van der Waals surface area (Å²) >= 11 is 1.94. The van der Waals surface area contributed by atoms with Gasteiger partial charge in [0.25, 0.3) is 0 Å². The fourth-order valence-corrected chi connectivity index (χ4v) is 3.40. The van der Waals surface area contributed by atoms with Gasteiger partial charge in [0.2, 0.25) is 0 Å². The number of nitrogens with zero attached hydrogens (tertiary/aromatic N) is 3. The molecule has 0 spiro atoms. The molecular formula is C12H13N3O2S. The van der Waals surface area contributed by atoms with Crippen LogP contribution in [0, 0.1) is 0 Å². The van der Waals surface area contributed by atoms with Crippen LogP contribution in [-0.4, -0.2) is 37.2 Å². The van der Waals surface area contributed by atoms with E-state index < -0.39 is 5.97 Å². The number of carbonyl (C=O) groups is 1. The van der Waals surface area contributed by atoms with Crippen molar-refractivity contribution < 1.29 is 9.90 Å². The summed E-state index contributed by atoms with van der Waals surface area (Å²) in [5.41, 5.74) is 0.861. The average molecular weight is 263 g/mol. The molecule has 3 heterocycles. The molecule has 2 aromatic rings. The van der Waals surface area contributed by atoms with Crippen LogP contribution in [0.1, 0.15) is 34.9 Å². The Kier molecular flexibility index (Phi) is 2.95. The fourth-order valence-electron chi connectivity index (χ4n) is 2.27. The lowest BCUT2D eigenvalue weighted by Crippen LogP contribution is -2.12. The summed E-state index contributed by atoms with van der Waals surface area (Å²) in [5.74, 6) is 2.73. The Balaban J connectivity index is 2.01. The minimum atomic E-state index is -0.935. The molecule has 18 heavy (non-hydrogen) atoms. The largest absolute Gasteiger partial charge is 0.478 e. The molecule has 6 heteroatoms. The lowest BCUT2D eigenvalue weighted by atomic mass is 10.0. The second-order valence-corrected chi connectivity index (χ2v) is 5.57. The molecule has 0 saturated carbocycles. The molecular weight excluding hydrogens is 250 g/mol. The molecule has 5 nitrogen and oxygen atoms in total. The van der Waals surface area contributed by atoms with Gasteiger partial charge in [0, 0.05) is 17.9 Å². The average Bonchev–Trinajstić information content (AvgIpc) is 2.82. The Hall–Kier alpha value is -1.56. The van der Waals surface area contributed by atoms with Crippen LogP contribution in [0.2, 0.25) is 0 Å². The van der Waals surface area contributed by atoms with E-state index in [4.69, 9.17) is 5.11 Å². The number of hydrogen-bond donors (Lipinski definition) is 1. The smallest absolute Gasteiger partial charge is 0.335 e. The van der Waals surface area contributed by atoms with E-state index in [9.17, 15) is 4.79 Å². The van der Waals surface area contributed by atoms with Crippen molar-refractivity contribution in [2.75, 3.05) is 11.5 Å². The van der Waals surface area contributed by atoms with E-state index in [1.807, 2.05) is 16.2 Å². The van der Waals surface area contributed by atoms with E-state index in [1.165, 1.54) is 12.2 Å². The summed E-state index contributed by atoms with van der Waals surface area (Å²) in [6, 6.07) is 3.16. The van der Waals surface area contributed by atoms with Gasteiger partial charge in [-0.1, -0.05) is 0 Å². The highest BCUT2D eigenvalue weighted by Crippen LogP contribution is 2.30. The summed E-state index contributed by atoms with van der Waals surface area (Å²) in [5, 5.41) is 17.2. The summed E-state index contributed by atoms with van der Waals surface area (Å²) in [6.45, 7) is 0. The Labute approximate surface area is 108 Å². The molecule has 3 rings (SSSR count). The summed E-state index contributed by atoms with van der Waals surface area (Å²) in [7, 11) is 0. The highest BCUT2D eigenvalue weighted by molar-refractivity contribution is 7.99. The van der Waals surface area contributed by atoms with Crippen molar-refractivity contribution in [2.24, 2.45) is 0 Å². The van der Waals surface area contributed by atoms with Gasteiger partial charge >= 0.3 is 5.97 Å². The maximum Gasteiger partial charge on any atom is 0.335 e. The van der Waals surface area contributed by atoms with Crippen LogP contribution in [0.4, 0.5) is 0 Å². The zero-order valence-electron chi connectivity index (χ0n) is 9.74. The third-order valence-corrected chi connectivity index (χ3v) is 4.42. The number of fused-ring (bicyclic) bond motifs is 1. The van der Waals surface area contributed by atoms with Gasteiger partial charge in [0.1, 0.15) is 5.82 Å². The van der Waals surface area contributed by atoms with Crippen molar-refractivity contribution in [3.63, 3.8) is 0 Å². The number of rotatable bonds is 2. The van der Waals surface area contributed by atoms with Crippen LogP contribution in [0.5, 0.6) is 0 Å². The number of hydrogen-bond acceptors (Lipinski definition) is 4. The second-order valence-electron chi connectivity index (χ2n) is 4.42. The quantitative estimate of drug-likeness (QED) is 0.898. The van der Waals surface area contributed by atoms with Gasteiger partial charge in [0.05, 0.1) is 5.56 Å². The monoisotopic (exact) mass is 263 g/mol. The molecule has 1 aliphatic heterocycles. The highest BCUT2D eigenvalue weighted by atomic mass is 32.2. The van der Waals surface area contributed by atoms with Gasteiger partial charge < -0.3 is 5.11 Å². The predicted octanol–water partition coefficient (Wildman–Crippen LogP) is 2.04. The van der Waals surface area contributed by atoms with E-state index in [2.05, 4.69) is 10.2 Å². The van der Waals surface area contributed by atoms with Gasteiger partial charge in [-0.15, -0.1) is 10.2 Å². The topological polar surface area (TPSA) is 67.5 Å². The fraction of sp³-hybridized carbons (Fsp3) is 0.417. The standard InChI is InChI=1S/C12H13N3O2S/c16-12(17)8-3-4-15-10(6-8)13-14-11(15)9-2-1-5-18-7-9/h3-4,6,9H,1-2,5,7H2,(H,16,17). The van der Waals surface area contributed by atoms with Crippen LogP contribution in [-0.2, 0) is 0 Å². The van der Waals surface area contributed by atoms with Gasteiger partial charge in [-0.05, 0) is 30.7 Å².